The fourth-order valence-electron chi connectivity index (χ4n) is 5.44. The van der Waals surface area contributed by atoms with E-state index in [1.165, 1.54) is 6.20 Å². The van der Waals surface area contributed by atoms with Crippen LogP contribution in [0.2, 0.25) is 0 Å². The fraction of sp³-hybridized carbons (Fsp3) is 0.167. The predicted molar refractivity (Wildman–Crippen MR) is 123 cm³/mol. The maximum Gasteiger partial charge on any atom is 0.271 e. The Morgan fingerprint density at radius 3 is 1.69 bits per heavy atom. The molecule has 32 heavy (non-hydrogen) atoms. The lowest BCUT2D eigenvalue weighted by atomic mass is 9.54. The van der Waals surface area contributed by atoms with Crippen molar-refractivity contribution in [2.24, 2.45) is 11.8 Å². The lowest BCUT2D eigenvalue weighted by Gasteiger charge is -2.55. The van der Waals surface area contributed by atoms with Crippen molar-refractivity contribution < 1.29 is 14.4 Å². The van der Waals surface area contributed by atoms with Crippen LogP contribution < -0.4 is 5.43 Å². The number of amides is 3. The highest BCUT2D eigenvalue weighted by atomic mass is 79.9. The van der Waals surface area contributed by atoms with Gasteiger partial charge in [-0.25, -0.2) is 0 Å². The first-order valence-electron chi connectivity index (χ1n) is 10.1. The van der Waals surface area contributed by atoms with Crippen LogP contribution in [0.25, 0.3) is 0 Å². The van der Waals surface area contributed by atoms with Crippen LogP contribution in [-0.4, -0.2) is 27.7 Å². The van der Waals surface area contributed by atoms with Gasteiger partial charge in [-0.05, 0) is 34.4 Å². The summed E-state index contributed by atoms with van der Waals surface area (Å²) in [4.78, 5) is 44.1. The average Bonchev–Trinajstić information content (AvgIpc) is 3.09. The second-order valence-electron chi connectivity index (χ2n) is 8.16. The van der Waals surface area contributed by atoms with E-state index in [4.69, 9.17) is 0 Å². The molecule has 2 aromatic carbocycles. The molecule has 7 rings (SSSR count). The highest BCUT2D eigenvalue weighted by molar-refractivity contribution is 9.10. The first-order valence-corrected chi connectivity index (χ1v) is 11.7. The van der Waals surface area contributed by atoms with Gasteiger partial charge in [0, 0.05) is 12.4 Å². The zero-order chi connectivity index (χ0) is 22.3. The van der Waals surface area contributed by atoms with Crippen LogP contribution in [0.4, 0.5) is 0 Å². The van der Waals surface area contributed by atoms with Gasteiger partial charge in [-0.3, -0.25) is 24.8 Å². The molecule has 0 unspecified atom stereocenters. The first kappa shape index (κ1) is 19.8. The maximum absolute atomic E-state index is 13.7. The number of hydrogen-bond donors (Lipinski definition) is 1. The van der Waals surface area contributed by atoms with Crippen molar-refractivity contribution in [2.75, 3.05) is 0 Å². The van der Waals surface area contributed by atoms with E-state index in [-0.39, 0.29) is 5.56 Å². The van der Waals surface area contributed by atoms with Crippen molar-refractivity contribution in [3.63, 3.8) is 0 Å². The van der Waals surface area contributed by atoms with Crippen molar-refractivity contribution >= 4 is 49.6 Å². The molecule has 2 heterocycles. The average molecular weight is 553 g/mol. The zero-order valence-corrected chi connectivity index (χ0v) is 19.6. The van der Waals surface area contributed by atoms with Crippen molar-refractivity contribution in [1.82, 2.24) is 15.4 Å². The molecule has 3 aliphatic carbocycles. The van der Waals surface area contributed by atoms with Gasteiger partial charge in [0.05, 0.1) is 26.0 Å². The van der Waals surface area contributed by atoms with Crippen molar-refractivity contribution in [2.45, 2.75) is 8.65 Å². The molecule has 1 fully saturated rings. The van der Waals surface area contributed by atoms with Crippen LogP contribution in [0.5, 0.6) is 0 Å². The molecule has 1 aromatic heterocycles. The monoisotopic (exact) mass is 551 g/mol. The Bertz CT molecular complexity index is 1210. The standard InChI is InChI=1S/C24H15Br2N3O3/c25-23-14-7-1-2-8-15(14)24(26,17-10-4-3-9-16(17)23)19-18(23)21(31)29(22(19)32)28-20(30)13-6-5-11-27-12-13/h1-12,18-19H,(H,28,30)/t18-,19-,23?,24?/m0/s1. The van der Waals surface area contributed by atoms with Crippen LogP contribution in [0.3, 0.4) is 0 Å². The number of rotatable bonds is 2. The number of halogens is 2. The maximum atomic E-state index is 13.7. The Labute approximate surface area is 200 Å². The summed E-state index contributed by atoms with van der Waals surface area (Å²) in [5.74, 6) is -2.90. The summed E-state index contributed by atoms with van der Waals surface area (Å²) in [5.41, 5.74) is 6.56. The lowest BCUT2D eigenvalue weighted by molar-refractivity contribution is -0.142. The number of hydrazine groups is 1. The summed E-state index contributed by atoms with van der Waals surface area (Å²) >= 11 is 7.85. The molecule has 3 aromatic rings. The summed E-state index contributed by atoms with van der Waals surface area (Å²) in [5, 5.41) is 0.883. The molecule has 158 valence electrons. The third-order valence-corrected chi connectivity index (χ3v) is 9.42. The Hall–Kier alpha value is -2.84. The number of carbonyl (C=O) groups is 3. The molecule has 2 atom stereocenters. The molecule has 1 aliphatic heterocycles. The molecule has 0 radical (unpaired) electrons. The quantitative estimate of drug-likeness (QED) is 0.389. The number of imide groups is 1. The van der Waals surface area contributed by atoms with Crippen LogP contribution in [-0.2, 0) is 18.2 Å². The summed E-state index contributed by atoms with van der Waals surface area (Å²) in [7, 11) is 0. The highest BCUT2D eigenvalue weighted by Gasteiger charge is 2.72. The van der Waals surface area contributed by atoms with Gasteiger partial charge in [0.2, 0.25) is 0 Å². The Morgan fingerprint density at radius 2 is 1.28 bits per heavy atom. The minimum absolute atomic E-state index is 0.264. The molecule has 3 amide bonds. The fourth-order valence-corrected chi connectivity index (χ4v) is 7.74. The lowest BCUT2D eigenvalue weighted by Crippen LogP contribution is -2.56. The van der Waals surface area contributed by atoms with Gasteiger partial charge in [-0.2, -0.15) is 5.01 Å². The number of aromatic nitrogens is 1. The van der Waals surface area contributed by atoms with E-state index >= 15 is 0 Å². The topological polar surface area (TPSA) is 79.4 Å². The molecule has 8 heteroatoms. The molecular weight excluding hydrogens is 538 g/mol. The number of pyridine rings is 1. The van der Waals surface area contributed by atoms with Gasteiger partial charge < -0.3 is 0 Å². The number of nitrogens with zero attached hydrogens (tertiary/aromatic N) is 2. The minimum Gasteiger partial charge on any atom is -0.272 e. The van der Waals surface area contributed by atoms with Gasteiger partial charge in [0.15, 0.2) is 0 Å². The van der Waals surface area contributed by atoms with Crippen molar-refractivity contribution in [1.29, 1.82) is 0 Å². The third kappa shape index (κ3) is 2.24. The van der Waals surface area contributed by atoms with E-state index in [1.807, 2.05) is 48.5 Å². The largest absolute Gasteiger partial charge is 0.272 e. The van der Waals surface area contributed by atoms with E-state index in [0.29, 0.717) is 0 Å². The second kappa shape index (κ2) is 6.59. The summed E-state index contributed by atoms with van der Waals surface area (Å²) in [6.07, 6.45) is 2.94. The Morgan fingerprint density at radius 1 is 0.812 bits per heavy atom. The zero-order valence-electron chi connectivity index (χ0n) is 16.5. The highest BCUT2D eigenvalue weighted by Crippen LogP contribution is 2.70. The molecule has 0 saturated carbocycles. The number of alkyl halides is 2. The predicted octanol–water partition coefficient (Wildman–Crippen LogP) is 3.63. The van der Waals surface area contributed by atoms with Crippen molar-refractivity contribution in [3.8, 4) is 0 Å². The van der Waals surface area contributed by atoms with Crippen LogP contribution in [0.1, 0.15) is 32.6 Å². The van der Waals surface area contributed by atoms with Gasteiger partial charge in [0.1, 0.15) is 0 Å². The summed E-state index contributed by atoms with van der Waals surface area (Å²) in [6.45, 7) is 0. The van der Waals surface area contributed by atoms with Crippen molar-refractivity contribution in [3.05, 3.63) is 101 Å². The number of carbonyl (C=O) groups excluding carboxylic acids is 3. The molecule has 4 aliphatic rings. The van der Waals surface area contributed by atoms with E-state index < -0.39 is 38.2 Å². The summed E-state index contributed by atoms with van der Waals surface area (Å²) < 4.78 is -1.78. The van der Waals surface area contributed by atoms with E-state index in [9.17, 15) is 14.4 Å². The van der Waals surface area contributed by atoms with Gasteiger partial charge in [-0.1, -0.05) is 80.4 Å². The molecular formula is C24H15Br2N3O3. The molecule has 1 N–H and O–H groups in total. The number of hydrogen-bond acceptors (Lipinski definition) is 4. The second-order valence-corrected chi connectivity index (χ2v) is 10.7. The van der Waals surface area contributed by atoms with Crippen LogP contribution >= 0.6 is 31.9 Å². The van der Waals surface area contributed by atoms with E-state index in [1.54, 1.807) is 18.3 Å². The van der Waals surface area contributed by atoms with Gasteiger partial charge in [0.25, 0.3) is 17.7 Å². The van der Waals surface area contributed by atoms with Crippen LogP contribution in [0, 0.1) is 11.8 Å². The number of nitrogens with one attached hydrogen (secondary N) is 1. The molecule has 0 spiro atoms. The Kier molecular flexibility index (Phi) is 4.08. The third-order valence-electron chi connectivity index (χ3n) is 6.72. The van der Waals surface area contributed by atoms with E-state index in [2.05, 4.69) is 42.3 Å². The SMILES string of the molecule is O=C(NN1C(=O)[C@@H]2[C@@H](C1=O)C1(Br)c3ccccc3C2(Br)c2ccccc21)c1cccnc1. The smallest absolute Gasteiger partial charge is 0.271 e. The van der Waals surface area contributed by atoms with E-state index in [0.717, 1.165) is 27.3 Å². The molecule has 2 bridgehead atoms. The van der Waals surface area contributed by atoms with Gasteiger partial charge >= 0.3 is 0 Å². The number of benzene rings is 2. The molecule has 1 saturated heterocycles. The van der Waals surface area contributed by atoms with Crippen LogP contribution in [0.15, 0.2) is 73.1 Å². The minimum atomic E-state index is -0.888. The first-order chi connectivity index (χ1) is 15.4. The normalized spacial score (nSPS) is 29.4. The van der Waals surface area contributed by atoms with Gasteiger partial charge in [-0.15, -0.1) is 0 Å². The molecule has 6 nitrogen and oxygen atoms in total. The summed E-state index contributed by atoms with van der Waals surface area (Å²) in [6, 6.07) is 18.9. The Balaban J connectivity index is 1.52.